The van der Waals surface area contributed by atoms with Crippen molar-refractivity contribution in [3.8, 4) is 0 Å². The fraction of sp³-hybridized carbons (Fsp3) is 0.824. The van der Waals surface area contributed by atoms with Crippen molar-refractivity contribution in [1.29, 1.82) is 0 Å². The maximum atomic E-state index is 12.3. The zero-order valence-corrected chi connectivity index (χ0v) is 14.1. The third kappa shape index (κ3) is 4.10. The number of carbonyl (C=O) groups excluding carboxylic acids is 1. The molecule has 128 valence electrons. The SMILES string of the molecule is CCn1cnnc1C1CCN(C(=O)COC2CCCCC2)CC1. The van der Waals surface area contributed by atoms with Crippen LogP contribution in [-0.4, -0.2) is 51.4 Å². The van der Waals surface area contributed by atoms with Gasteiger partial charge in [-0.05, 0) is 32.6 Å². The highest BCUT2D eigenvalue weighted by atomic mass is 16.5. The first-order valence-electron chi connectivity index (χ1n) is 9.05. The number of rotatable bonds is 5. The molecular weight excluding hydrogens is 292 g/mol. The standard InChI is InChI=1S/C17H28N4O2/c1-2-20-13-18-19-17(20)14-8-10-21(11-9-14)16(22)12-23-15-6-4-3-5-7-15/h13-15H,2-12H2,1H3. The number of aryl methyl sites for hydroxylation is 1. The summed E-state index contributed by atoms with van der Waals surface area (Å²) >= 11 is 0. The molecule has 1 amide bonds. The zero-order valence-electron chi connectivity index (χ0n) is 14.1. The average Bonchev–Trinajstić information content (AvgIpc) is 3.09. The van der Waals surface area contributed by atoms with Crippen LogP contribution in [-0.2, 0) is 16.1 Å². The van der Waals surface area contributed by atoms with Crippen molar-refractivity contribution in [3.05, 3.63) is 12.2 Å². The van der Waals surface area contributed by atoms with Crippen LogP contribution in [0.1, 0.15) is 63.6 Å². The number of aromatic nitrogens is 3. The second-order valence-corrected chi connectivity index (χ2v) is 6.70. The Hall–Kier alpha value is -1.43. The van der Waals surface area contributed by atoms with Crippen LogP contribution in [0.2, 0.25) is 0 Å². The summed E-state index contributed by atoms with van der Waals surface area (Å²) < 4.78 is 7.92. The van der Waals surface area contributed by atoms with Gasteiger partial charge in [0.1, 0.15) is 18.8 Å². The number of hydrogen-bond donors (Lipinski definition) is 0. The maximum absolute atomic E-state index is 12.3. The number of nitrogens with zero attached hydrogens (tertiary/aromatic N) is 4. The van der Waals surface area contributed by atoms with Gasteiger partial charge in [0.2, 0.25) is 5.91 Å². The van der Waals surface area contributed by atoms with E-state index in [-0.39, 0.29) is 12.5 Å². The molecule has 2 heterocycles. The molecule has 1 aliphatic carbocycles. The Morgan fingerprint density at radius 3 is 2.65 bits per heavy atom. The quantitative estimate of drug-likeness (QED) is 0.835. The van der Waals surface area contributed by atoms with Crippen molar-refractivity contribution in [3.63, 3.8) is 0 Å². The zero-order chi connectivity index (χ0) is 16.1. The first kappa shape index (κ1) is 16.4. The van der Waals surface area contributed by atoms with Crippen LogP contribution in [0, 0.1) is 0 Å². The van der Waals surface area contributed by atoms with E-state index in [1.165, 1.54) is 19.3 Å². The van der Waals surface area contributed by atoms with Crippen LogP contribution in [0.3, 0.4) is 0 Å². The van der Waals surface area contributed by atoms with Gasteiger partial charge in [-0.25, -0.2) is 0 Å². The molecule has 6 heteroatoms. The van der Waals surface area contributed by atoms with Gasteiger partial charge >= 0.3 is 0 Å². The van der Waals surface area contributed by atoms with Crippen LogP contribution in [0.5, 0.6) is 0 Å². The number of hydrogen-bond acceptors (Lipinski definition) is 4. The van der Waals surface area contributed by atoms with Crippen LogP contribution in [0.25, 0.3) is 0 Å². The summed E-state index contributed by atoms with van der Waals surface area (Å²) in [6.07, 6.45) is 10.0. The van der Waals surface area contributed by atoms with Crippen LogP contribution >= 0.6 is 0 Å². The van der Waals surface area contributed by atoms with Gasteiger partial charge < -0.3 is 14.2 Å². The minimum absolute atomic E-state index is 0.144. The Balaban J connectivity index is 1.44. The van der Waals surface area contributed by atoms with E-state index in [9.17, 15) is 4.79 Å². The van der Waals surface area contributed by atoms with E-state index in [1.807, 2.05) is 4.90 Å². The van der Waals surface area contributed by atoms with Gasteiger partial charge in [-0.2, -0.15) is 0 Å². The molecule has 0 bridgehead atoms. The molecule has 23 heavy (non-hydrogen) atoms. The number of likely N-dealkylation sites (tertiary alicyclic amines) is 1. The lowest BCUT2D eigenvalue weighted by Gasteiger charge is -2.32. The Bertz CT molecular complexity index is 502. The van der Waals surface area contributed by atoms with E-state index in [0.717, 1.165) is 51.1 Å². The van der Waals surface area contributed by atoms with Gasteiger partial charge in [-0.1, -0.05) is 19.3 Å². The van der Waals surface area contributed by atoms with Crippen molar-refractivity contribution in [2.24, 2.45) is 0 Å². The molecule has 2 fully saturated rings. The number of carbonyl (C=O) groups is 1. The number of piperidine rings is 1. The molecule has 0 spiro atoms. The third-order valence-corrected chi connectivity index (χ3v) is 5.19. The average molecular weight is 320 g/mol. The Kier molecular flexibility index (Phi) is 5.65. The summed E-state index contributed by atoms with van der Waals surface area (Å²) in [5, 5.41) is 8.28. The maximum Gasteiger partial charge on any atom is 0.248 e. The van der Waals surface area contributed by atoms with Crippen molar-refractivity contribution in [2.45, 2.75) is 70.4 Å². The molecule has 1 saturated carbocycles. The lowest BCUT2D eigenvalue weighted by Crippen LogP contribution is -2.41. The van der Waals surface area contributed by atoms with Crippen molar-refractivity contribution in [2.75, 3.05) is 19.7 Å². The van der Waals surface area contributed by atoms with Gasteiger partial charge in [0.25, 0.3) is 0 Å². The molecule has 0 unspecified atom stereocenters. The third-order valence-electron chi connectivity index (χ3n) is 5.19. The highest BCUT2D eigenvalue weighted by molar-refractivity contribution is 5.77. The van der Waals surface area contributed by atoms with Crippen LogP contribution < -0.4 is 0 Å². The first-order chi connectivity index (χ1) is 11.3. The van der Waals surface area contributed by atoms with Gasteiger partial charge in [-0.15, -0.1) is 10.2 Å². The minimum atomic E-state index is 0.144. The molecule has 1 saturated heterocycles. The van der Waals surface area contributed by atoms with Gasteiger partial charge in [0, 0.05) is 25.6 Å². The Labute approximate surface area is 138 Å². The Morgan fingerprint density at radius 2 is 1.96 bits per heavy atom. The molecule has 3 rings (SSSR count). The van der Waals surface area contributed by atoms with Gasteiger partial charge in [-0.3, -0.25) is 4.79 Å². The summed E-state index contributed by atoms with van der Waals surface area (Å²) in [6.45, 7) is 4.85. The summed E-state index contributed by atoms with van der Waals surface area (Å²) in [4.78, 5) is 14.3. The Morgan fingerprint density at radius 1 is 1.22 bits per heavy atom. The van der Waals surface area contributed by atoms with E-state index < -0.39 is 0 Å². The van der Waals surface area contributed by atoms with Crippen molar-refractivity contribution >= 4 is 5.91 Å². The smallest absolute Gasteiger partial charge is 0.248 e. The summed E-state index contributed by atoms with van der Waals surface area (Å²) in [5.74, 6) is 1.63. The largest absolute Gasteiger partial charge is 0.368 e. The van der Waals surface area contributed by atoms with Crippen molar-refractivity contribution in [1.82, 2.24) is 19.7 Å². The number of amides is 1. The van der Waals surface area contributed by atoms with E-state index in [0.29, 0.717) is 12.0 Å². The predicted molar refractivity (Wildman–Crippen MR) is 87.1 cm³/mol. The molecule has 0 aromatic carbocycles. The lowest BCUT2D eigenvalue weighted by atomic mass is 9.96. The van der Waals surface area contributed by atoms with Crippen molar-refractivity contribution < 1.29 is 9.53 Å². The van der Waals surface area contributed by atoms with E-state index in [2.05, 4.69) is 21.7 Å². The van der Waals surface area contributed by atoms with Crippen LogP contribution in [0.15, 0.2) is 6.33 Å². The lowest BCUT2D eigenvalue weighted by molar-refractivity contribution is -0.139. The molecule has 1 aliphatic heterocycles. The molecule has 0 atom stereocenters. The summed E-state index contributed by atoms with van der Waals surface area (Å²) in [6, 6.07) is 0. The van der Waals surface area contributed by atoms with E-state index >= 15 is 0 Å². The summed E-state index contributed by atoms with van der Waals surface area (Å²) in [7, 11) is 0. The second kappa shape index (κ2) is 7.90. The topological polar surface area (TPSA) is 60.2 Å². The minimum Gasteiger partial charge on any atom is -0.368 e. The fourth-order valence-electron chi connectivity index (χ4n) is 3.72. The molecule has 0 radical (unpaired) electrons. The van der Waals surface area contributed by atoms with Gasteiger partial charge in [0.05, 0.1) is 6.10 Å². The summed E-state index contributed by atoms with van der Waals surface area (Å²) in [5.41, 5.74) is 0. The normalized spacial score (nSPS) is 20.8. The highest BCUT2D eigenvalue weighted by Crippen LogP contribution is 2.27. The van der Waals surface area contributed by atoms with Gasteiger partial charge in [0.15, 0.2) is 0 Å². The predicted octanol–water partition coefficient (Wildman–Crippen LogP) is 2.35. The second-order valence-electron chi connectivity index (χ2n) is 6.70. The molecule has 0 N–H and O–H groups in total. The number of ether oxygens (including phenoxy) is 1. The molecule has 1 aromatic rings. The molecular formula is C17H28N4O2. The fourth-order valence-corrected chi connectivity index (χ4v) is 3.72. The van der Waals surface area contributed by atoms with E-state index in [1.54, 1.807) is 6.33 Å². The highest BCUT2D eigenvalue weighted by Gasteiger charge is 2.27. The molecule has 2 aliphatic rings. The van der Waals surface area contributed by atoms with Crippen LogP contribution in [0.4, 0.5) is 0 Å². The molecule has 1 aromatic heterocycles. The first-order valence-corrected chi connectivity index (χ1v) is 9.05. The molecule has 6 nitrogen and oxygen atoms in total. The van der Waals surface area contributed by atoms with E-state index in [4.69, 9.17) is 4.74 Å². The monoisotopic (exact) mass is 320 g/mol.